The molecule has 0 bridgehead atoms. The maximum Gasteiger partial charge on any atom is 0.416 e. The number of anilines is 1. The summed E-state index contributed by atoms with van der Waals surface area (Å²) < 4.78 is 51.8. The highest BCUT2D eigenvalue weighted by Gasteiger charge is 2.31. The smallest absolute Gasteiger partial charge is 0.416 e. The fraction of sp³-hybridized carbons (Fsp3) is 0.346. The van der Waals surface area contributed by atoms with Crippen LogP contribution in [-0.2, 0) is 17.5 Å². The maximum atomic E-state index is 13.1. The predicted molar refractivity (Wildman–Crippen MR) is 131 cm³/mol. The van der Waals surface area contributed by atoms with Gasteiger partial charge in [-0.25, -0.2) is 9.97 Å². The summed E-state index contributed by atoms with van der Waals surface area (Å²) in [7, 11) is 1.61. The Morgan fingerprint density at radius 2 is 1.97 bits per heavy atom. The number of aryl methyl sites for hydroxylation is 1. The topological polar surface area (TPSA) is 76.6 Å². The molecule has 0 saturated carbocycles. The summed E-state index contributed by atoms with van der Waals surface area (Å²) in [6.07, 6.45) is -1.37. The lowest BCUT2D eigenvalue weighted by atomic mass is 10.1. The molecule has 5 rings (SSSR count). The van der Waals surface area contributed by atoms with Crippen LogP contribution in [0.15, 0.2) is 53.3 Å². The summed E-state index contributed by atoms with van der Waals surface area (Å²) in [6, 6.07) is 9.17. The highest BCUT2D eigenvalue weighted by atomic mass is 19.4. The van der Waals surface area contributed by atoms with E-state index in [-0.39, 0.29) is 24.0 Å². The number of imidazole rings is 1. The van der Waals surface area contributed by atoms with Gasteiger partial charge < -0.3 is 23.5 Å². The van der Waals surface area contributed by atoms with Crippen LogP contribution in [0.4, 0.5) is 18.9 Å². The van der Waals surface area contributed by atoms with Crippen molar-refractivity contribution in [3.63, 3.8) is 0 Å². The zero-order valence-electron chi connectivity index (χ0n) is 20.6. The monoisotopic (exact) mass is 513 g/mol. The predicted octanol–water partition coefficient (Wildman–Crippen LogP) is 4.76. The third-order valence-corrected chi connectivity index (χ3v) is 6.64. The van der Waals surface area contributed by atoms with Crippen molar-refractivity contribution in [1.29, 1.82) is 0 Å². The Balaban J connectivity index is 1.27. The molecule has 1 atom stereocenters. The molecular weight excluding hydrogens is 487 g/mol. The van der Waals surface area contributed by atoms with Gasteiger partial charge in [0.05, 0.1) is 41.8 Å². The Kier molecular flexibility index (Phi) is 6.30. The van der Waals surface area contributed by atoms with Crippen LogP contribution in [0.3, 0.4) is 0 Å². The molecule has 2 aromatic heterocycles. The van der Waals surface area contributed by atoms with Crippen LogP contribution in [-0.4, -0.2) is 58.1 Å². The van der Waals surface area contributed by atoms with Gasteiger partial charge in [0.1, 0.15) is 12.3 Å². The van der Waals surface area contributed by atoms with E-state index in [2.05, 4.69) is 14.9 Å². The van der Waals surface area contributed by atoms with Gasteiger partial charge >= 0.3 is 6.18 Å². The maximum absolute atomic E-state index is 13.1. The summed E-state index contributed by atoms with van der Waals surface area (Å²) in [6.45, 7) is 5.52. The molecule has 1 fully saturated rings. The minimum Gasteiger partial charge on any atom is -0.496 e. The zero-order valence-corrected chi connectivity index (χ0v) is 20.6. The fourth-order valence-corrected chi connectivity index (χ4v) is 4.73. The van der Waals surface area contributed by atoms with Gasteiger partial charge in [0.25, 0.3) is 0 Å². The molecule has 1 saturated heterocycles. The second-order valence-electron chi connectivity index (χ2n) is 9.08. The first-order valence-electron chi connectivity index (χ1n) is 11.8. The number of alkyl halides is 3. The lowest BCUT2D eigenvalue weighted by molar-refractivity contribution is -0.137. The number of piperazine rings is 1. The molecule has 1 aliphatic heterocycles. The Labute approximate surface area is 211 Å². The molecular formula is C26H26F3N5O3. The Morgan fingerprint density at radius 1 is 1.16 bits per heavy atom. The molecule has 4 aromatic rings. The normalized spacial score (nSPS) is 16.4. The minimum atomic E-state index is -4.44. The molecule has 0 spiro atoms. The number of fused-ring (bicyclic) bond motifs is 1. The van der Waals surface area contributed by atoms with Gasteiger partial charge in [-0.15, -0.1) is 0 Å². The van der Waals surface area contributed by atoms with Crippen LogP contribution in [0.25, 0.3) is 22.4 Å². The number of ether oxygens (including phenoxy) is 1. The van der Waals surface area contributed by atoms with Crippen LogP contribution in [0.2, 0.25) is 0 Å². The van der Waals surface area contributed by atoms with Gasteiger partial charge in [-0.3, -0.25) is 4.79 Å². The van der Waals surface area contributed by atoms with Crippen molar-refractivity contribution in [3.8, 4) is 17.1 Å². The Hall–Kier alpha value is -4.02. The van der Waals surface area contributed by atoms with Gasteiger partial charge in [-0.05, 0) is 37.3 Å². The highest BCUT2D eigenvalue weighted by Crippen LogP contribution is 2.35. The van der Waals surface area contributed by atoms with Crippen LogP contribution in [0, 0.1) is 6.92 Å². The van der Waals surface area contributed by atoms with Crippen molar-refractivity contribution >= 4 is 22.6 Å². The number of benzene rings is 2. The second kappa shape index (κ2) is 9.45. The largest absolute Gasteiger partial charge is 0.496 e. The first-order valence-corrected chi connectivity index (χ1v) is 11.8. The quantitative estimate of drug-likeness (QED) is 0.383. The van der Waals surface area contributed by atoms with Crippen LogP contribution < -0.4 is 9.64 Å². The van der Waals surface area contributed by atoms with E-state index < -0.39 is 11.7 Å². The Bertz CT molecular complexity index is 1450. The number of carbonyl (C=O) groups excluding carboxylic acids is 1. The molecule has 0 radical (unpaired) electrons. The third-order valence-electron chi connectivity index (χ3n) is 6.64. The molecule has 1 amide bonds. The molecule has 2 aromatic carbocycles. The average Bonchev–Trinajstić information content (AvgIpc) is 3.48. The summed E-state index contributed by atoms with van der Waals surface area (Å²) >= 11 is 0. The highest BCUT2D eigenvalue weighted by molar-refractivity contribution is 5.81. The molecule has 37 heavy (non-hydrogen) atoms. The summed E-state index contributed by atoms with van der Waals surface area (Å²) in [5.74, 6) is 1.76. The number of hydrogen-bond donors (Lipinski definition) is 0. The van der Waals surface area contributed by atoms with Crippen LogP contribution in [0.1, 0.15) is 18.4 Å². The van der Waals surface area contributed by atoms with E-state index in [9.17, 15) is 18.0 Å². The SMILES string of the molecule is COc1cc(N2CCN(C(=O)Cn3cnc4cc(C(F)(F)F)ccc43)C(C)C2)ccc1-c1cnc(C)o1. The number of carbonyl (C=O) groups is 1. The van der Waals surface area contributed by atoms with Gasteiger partial charge in [0, 0.05) is 44.4 Å². The third kappa shape index (κ3) is 4.85. The van der Waals surface area contributed by atoms with Crippen molar-refractivity contribution in [3.05, 3.63) is 60.4 Å². The van der Waals surface area contributed by atoms with E-state index in [1.54, 1.807) is 29.7 Å². The van der Waals surface area contributed by atoms with Gasteiger partial charge in [0.2, 0.25) is 5.91 Å². The summed E-state index contributed by atoms with van der Waals surface area (Å²) in [4.78, 5) is 25.3. The number of aromatic nitrogens is 3. The van der Waals surface area contributed by atoms with Gasteiger partial charge in [-0.2, -0.15) is 13.2 Å². The summed E-state index contributed by atoms with van der Waals surface area (Å²) in [5, 5.41) is 0. The van der Waals surface area contributed by atoms with E-state index >= 15 is 0 Å². The van der Waals surface area contributed by atoms with E-state index in [1.807, 2.05) is 25.1 Å². The van der Waals surface area contributed by atoms with Crippen molar-refractivity contribution in [2.24, 2.45) is 0 Å². The number of nitrogens with zero attached hydrogens (tertiary/aromatic N) is 5. The standard InChI is InChI=1S/C26H26F3N5O3/c1-16-13-32(19-5-6-20(23(11-19)36-3)24-12-30-17(2)37-24)8-9-34(16)25(35)14-33-15-31-21-10-18(26(27,28)29)4-7-22(21)33/h4-7,10-12,15-16H,8-9,13-14H2,1-3H3. The second-order valence-corrected chi connectivity index (χ2v) is 9.08. The lowest BCUT2D eigenvalue weighted by Gasteiger charge is -2.41. The van der Waals surface area contributed by atoms with E-state index in [1.165, 1.54) is 12.4 Å². The van der Waals surface area contributed by atoms with E-state index in [0.29, 0.717) is 42.6 Å². The molecule has 0 N–H and O–H groups in total. The molecule has 3 heterocycles. The van der Waals surface area contributed by atoms with Crippen LogP contribution in [0.5, 0.6) is 5.75 Å². The zero-order chi connectivity index (χ0) is 26.3. The summed E-state index contributed by atoms with van der Waals surface area (Å²) in [5.41, 5.74) is 1.71. The molecule has 1 aliphatic rings. The van der Waals surface area contributed by atoms with Gasteiger partial charge in [-0.1, -0.05) is 0 Å². The molecule has 0 aliphatic carbocycles. The van der Waals surface area contributed by atoms with Crippen molar-refractivity contribution in [1.82, 2.24) is 19.4 Å². The van der Waals surface area contributed by atoms with Gasteiger partial charge in [0.15, 0.2) is 11.7 Å². The minimum absolute atomic E-state index is 0.00528. The number of oxazole rings is 1. The van der Waals surface area contributed by atoms with E-state index in [0.717, 1.165) is 23.4 Å². The first-order chi connectivity index (χ1) is 17.6. The molecule has 194 valence electrons. The molecule has 1 unspecified atom stereocenters. The average molecular weight is 514 g/mol. The molecule has 8 nitrogen and oxygen atoms in total. The fourth-order valence-electron chi connectivity index (χ4n) is 4.73. The number of amides is 1. The number of hydrogen-bond acceptors (Lipinski definition) is 6. The van der Waals surface area contributed by atoms with Crippen molar-refractivity contribution in [2.45, 2.75) is 32.6 Å². The van der Waals surface area contributed by atoms with E-state index in [4.69, 9.17) is 9.15 Å². The van der Waals surface area contributed by atoms with Crippen molar-refractivity contribution < 1.29 is 27.1 Å². The molecule has 11 heteroatoms. The first kappa shape index (κ1) is 24.7. The number of methoxy groups -OCH3 is 1. The van der Waals surface area contributed by atoms with Crippen molar-refractivity contribution in [2.75, 3.05) is 31.6 Å². The Morgan fingerprint density at radius 3 is 2.65 bits per heavy atom. The lowest BCUT2D eigenvalue weighted by Crippen LogP contribution is -2.54. The number of rotatable bonds is 5. The number of halogens is 3. The van der Waals surface area contributed by atoms with Crippen LogP contribution >= 0.6 is 0 Å².